The second kappa shape index (κ2) is 13.0. The molecule has 0 bridgehead atoms. The summed E-state index contributed by atoms with van der Waals surface area (Å²) in [4.78, 5) is 16.2. The van der Waals surface area contributed by atoms with Gasteiger partial charge in [0.25, 0.3) is 0 Å². The molecular formula is C31H43N3O2. The zero-order chi connectivity index (χ0) is 25.3. The number of nitrogens with zero attached hydrogens (tertiary/aromatic N) is 2. The fraction of sp³-hybridized carbons (Fsp3) is 0.516. The summed E-state index contributed by atoms with van der Waals surface area (Å²) in [6.07, 6.45) is 12.8. The molecule has 1 aliphatic heterocycles. The number of piperidine rings is 1. The second-order valence-corrected chi connectivity index (χ2v) is 10.3. The average Bonchev–Trinajstić information content (AvgIpc) is 3.24. The van der Waals surface area contributed by atoms with E-state index in [1.807, 2.05) is 42.5 Å². The van der Waals surface area contributed by atoms with Crippen LogP contribution in [0.4, 0.5) is 0 Å². The van der Waals surface area contributed by atoms with Crippen molar-refractivity contribution in [2.75, 3.05) is 32.1 Å². The number of hydrogen-bond acceptors (Lipinski definition) is 4. The topological polar surface area (TPSA) is 60.5 Å². The van der Waals surface area contributed by atoms with Crippen molar-refractivity contribution in [3.8, 4) is 5.75 Å². The van der Waals surface area contributed by atoms with Crippen molar-refractivity contribution in [1.29, 1.82) is 0 Å². The van der Waals surface area contributed by atoms with E-state index in [-0.39, 0.29) is 5.78 Å². The summed E-state index contributed by atoms with van der Waals surface area (Å²) in [5.74, 6) is 7.49. The van der Waals surface area contributed by atoms with E-state index in [1.54, 1.807) is 4.68 Å². The number of benzene rings is 2. The Morgan fingerprint density at radius 3 is 2.50 bits per heavy atom. The lowest BCUT2D eigenvalue weighted by Crippen LogP contribution is -2.33. The lowest BCUT2D eigenvalue weighted by Gasteiger charge is -2.32. The molecule has 0 amide bonds. The van der Waals surface area contributed by atoms with Crippen molar-refractivity contribution in [3.63, 3.8) is 0 Å². The molecule has 2 heterocycles. The molecule has 2 aromatic carbocycles. The van der Waals surface area contributed by atoms with E-state index in [0.29, 0.717) is 29.4 Å². The summed E-state index contributed by atoms with van der Waals surface area (Å²) in [6, 6.07) is 13.5. The summed E-state index contributed by atoms with van der Waals surface area (Å²) < 4.78 is 7.75. The molecule has 1 fully saturated rings. The number of hydrogen-bond donors (Lipinski definition) is 1. The molecule has 4 rings (SSSR count). The molecule has 3 aromatic rings. The zero-order valence-electron chi connectivity index (χ0n) is 22.2. The van der Waals surface area contributed by atoms with Crippen LogP contribution < -0.4 is 10.6 Å². The Bertz CT molecular complexity index is 1130. The first kappa shape index (κ1) is 26.3. The Morgan fingerprint density at radius 1 is 0.972 bits per heavy atom. The van der Waals surface area contributed by atoms with Crippen molar-refractivity contribution in [1.82, 2.24) is 9.58 Å². The maximum absolute atomic E-state index is 13.6. The molecule has 0 atom stereocenters. The van der Waals surface area contributed by atoms with Crippen LogP contribution in [0.5, 0.6) is 5.75 Å². The first-order valence-corrected chi connectivity index (χ1v) is 14.0. The van der Waals surface area contributed by atoms with Crippen LogP contribution in [-0.2, 0) is 0 Å². The van der Waals surface area contributed by atoms with Crippen molar-refractivity contribution < 1.29 is 9.53 Å². The van der Waals surface area contributed by atoms with E-state index in [4.69, 9.17) is 10.6 Å². The third-order valence-electron chi connectivity index (χ3n) is 7.62. The minimum Gasteiger partial charge on any atom is -0.493 e. The van der Waals surface area contributed by atoms with Gasteiger partial charge in [0, 0.05) is 17.1 Å². The summed E-state index contributed by atoms with van der Waals surface area (Å²) >= 11 is 0. The van der Waals surface area contributed by atoms with Crippen LogP contribution in [-0.4, -0.2) is 41.6 Å². The van der Waals surface area contributed by atoms with Crippen LogP contribution in [0.2, 0.25) is 0 Å². The van der Waals surface area contributed by atoms with Crippen LogP contribution in [0, 0.1) is 0 Å². The van der Waals surface area contributed by atoms with Gasteiger partial charge in [0.05, 0.1) is 17.7 Å². The van der Waals surface area contributed by atoms with Gasteiger partial charge in [-0.1, -0.05) is 58.1 Å². The molecule has 5 heteroatoms. The number of rotatable bonds is 13. The number of unbranched alkanes of at least 4 members (excludes halogenated alkanes) is 5. The number of fused-ring (bicyclic) bond motifs is 1. The van der Waals surface area contributed by atoms with Crippen molar-refractivity contribution in [2.45, 2.75) is 77.6 Å². The molecule has 0 aliphatic carbocycles. The van der Waals surface area contributed by atoms with Crippen LogP contribution >= 0.6 is 0 Å². The Hall–Kier alpha value is -2.79. The molecule has 36 heavy (non-hydrogen) atoms. The number of carbonyl (C=O) groups is 1. The predicted molar refractivity (Wildman–Crippen MR) is 150 cm³/mol. The highest BCUT2D eigenvalue weighted by molar-refractivity contribution is 6.12. The van der Waals surface area contributed by atoms with Crippen LogP contribution in [0.15, 0.2) is 48.7 Å². The molecule has 5 nitrogen and oxygen atoms in total. The Morgan fingerprint density at radius 2 is 1.72 bits per heavy atom. The molecule has 1 aliphatic rings. The quantitative estimate of drug-likeness (QED) is 0.161. The van der Waals surface area contributed by atoms with Crippen LogP contribution in [0.1, 0.15) is 99.0 Å². The molecule has 194 valence electrons. The van der Waals surface area contributed by atoms with E-state index in [9.17, 15) is 4.79 Å². The van der Waals surface area contributed by atoms with E-state index < -0.39 is 0 Å². The van der Waals surface area contributed by atoms with Gasteiger partial charge in [-0.25, -0.2) is 0 Å². The number of nitrogen functional groups attached to an aromatic ring is 1. The number of ketones is 1. The third-order valence-corrected chi connectivity index (χ3v) is 7.62. The van der Waals surface area contributed by atoms with Crippen molar-refractivity contribution in [2.24, 2.45) is 0 Å². The summed E-state index contributed by atoms with van der Waals surface area (Å²) in [6.45, 7) is 8.57. The van der Waals surface area contributed by atoms with Gasteiger partial charge in [0.1, 0.15) is 5.75 Å². The highest BCUT2D eigenvalue weighted by Crippen LogP contribution is 2.35. The maximum atomic E-state index is 13.6. The SMILES string of the molecule is CCCCCCOc1ccccc1C(=O)c1ccc2c(c1)c(C1CCN(CCCCC)CC1)cn2N. The second-order valence-electron chi connectivity index (χ2n) is 10.3. The molecular weight excluding hydrogens is 446 g/mol. The van der Waals surface area contributed by atoms with Gasteiger partial charge in [0.15, 0.2) is 5.78 Å². The molecule has 1 saturated heterocycles. The van der Waals surface area contributed by atoms with Crippen LogP contribution in [0.3, 0.4) is 0 Å². The minimum atomic E-state index is 0.00234. The van der Waals surface area contributed by atoms with Crippen LogP contribution in [0.25, 0.3) is 10.9 Å². The number of ether oxygens (including phenoxy) is 1. The van der Waals surface area contributed by atoms with Gasteiger partial charge >= 0.3 is 0 Å². The fourth-order valence-corrected chi connectivity index (χ4v) is 5.45. The normalized spacial score (nSPS) is 14.9. The third kappa shape index (κ3) is 6.31. The van der Waals surface area contributed by atoms with Gasteiger partial charge in [-0.3, -0.25) is 9.47 Å². The van der Waals surface area contributed by atoms with Crippen molar-refractivity contribution in [3.05, 3.63) is 65.4 Å². The molecule has 0 radical (unpaired) electrons. The average molecular weight is 490 g/mol. The number of para-hydroxylation sites is 1. The largest absolute Gasteiger partial charge is 0.493 e. The molecule has 0 unspecified atom stereocenters. The standard InChI is InChI=1S/C31H43N3O2/c1-3-5-7-11-21-36-30-13-9-8-12-26(30)31(35)25-14-15-29-27(22-25)28(23-34(29)32)24-16-19-33(20-17-24)18-10-6-4-2/h8-9,12-15,22-24H,3-7,10-11,16-21,32H2,1-2H3. The Labute approximate surface area is 216 Å². The lowest BCUT2D eigenvalue weighted by atomic mass is 9.88. The highest BCUT2D eigenvalue weighted by atomic mass is 16.5. The smallest absolute Gasteiger partial charge is 0.196 e. The zero-order valence-corrected chi connectivity index (χ0v) is 22.2. The number of likely N-dealkylation sites (tertiary alicyclic amines) is 1. The minimum absolute atomic E-state index is 0.00234. The maximum Gasteiger partial charge on any atom is 0.196 e. The number of nitrogens with two attached hydrogens (primary N) is 1. The van der Waals surface area contributed by atoms with Gasteiger partial charge in [-0.15, -0.1) is 0 Å². The van der Waals surface area contributed by atoms with E-state index >= 15 is 0 Å². The molecule has 2 N–H and O–H groups in total. The first-order valence-electron chi connectivity index (χ1n) is 14.0. The molecule has 0 saturated carbocycles. The summed E-state index contributed by atoms with van der Waals surface area (Å²) in [5.41, 5.74) is 3.57. The van der Waals surface area contributed by atoms with E-state index in [0.717, 1.165) is 49.7 Å². The molecule has 1 aromatic heterocycles. The Kier molecular flexibility index (Phi) is 9.46. The van der Waals surface area contributed by atoms with Gasteiger partial charge in [-0.05, 0) is 87.1 Å². The number of carbonyl (C=O) groups excluding carboxylic acids is 1. The fourth-order valence-electron chi connectivity index (χ4n) is 5.45. The summed E-state index contributed by atoms with van der Waals surface area (Å²) in [7, 11) is 0. The number of aromatic nitrogens is 1. The monoisotopic (exact) mass is 489 g/mol. The van der Waals surface area contributed by atoms with Gasteiger partial charge in [-0.2, -0.15) is 0 Å². The lowest BCUT2D eigenvalue weighted by molar-refractivity contribution is 0.103. The van der Waals surface area contributed by atoms with Gasteiger partial charge in [0.2, 0.25) is 0 Å². The highest BCUT2D eigenvalue weighted by Gasteiger charge is 2.24. The van der Waals surface area contributed by atoms with Crippen molar-refractivity contribution >= 4 is 16.7 Å². The predicted octanol–water partition coefficient (Wildman–Crippen LogP) is 6.91. The van der Waals surface area contributed by atoms with E-state index in [1.165, 1.54) is 44.2 Å². The first-order chi connectivity index (χ1) is 17.6. The Balaban J connectivity index is 1.50. The summed E-state index contributed by atoms with van der Waals surface area (Å²) in [5, 5.41) is 1.10. The van der Waals surface area contributed by atoms with E-state index in [2.05, 4.69) is 24.9 Å². The van der Waals surface area contributed by atoms with Gasteiger partial charge < -0.3 is 15.5 Å². The molecule has 0 spiro atoms.